The van der Waals surface area contributed by atoms with Crippen molar-refractivity contribution in [1.29, 1.82) is 0 Å². The number of nitrogens with one attached hydrogen (secondary N) is 2. The van der Waals surface area contributed by atoms with Gasteiger partial charge in [0.2, 0.25) is 0 Å². The zero-order chi connectivity index (χ0) is 14.0. The first-order valence-electron chi connectivity index (χ1n) is 5.06. The number of halogens is 2. The molecule has 0 bridgehead atoms. The molecule has 1 heterocycles. The van der Waals surface area contributed by atoms with Crippen molar-refractivity contribution in [3.8, 4) is 0 Å². The van der Waals surface area contributed by atoms with Crippen LogP contribution in [0, 0.1) is 15.9 Å². The summed E-state index contributed by atoms with van der Waals surface area (Å²) in [5, 5.41) is 12.8. The van der Waals surface area contributed by atoms with Crippen molar-refractivity contribution in [2.75, 3.05) is 5.32 Å². The fourth-order valence-corrected chi connectivity index (χ4v) is 1.75. The Hall–Kier alpha value is -2.22. The number of rotatable bonds is 3. The number of non-ortho nitro benzene ring substituents is 1. The molecule has 0 saturated heterocycles. The van der Waals surface area contributed by atoms with E-state index in [1.54, 1.807) is 6.20 Å². The summed E-state index contributed by atoms with van der Waals surface area (Å²) in [4.78, 5) is 24.2. The maximum absolute atomic E-state index is 13.6. The summed E-state index contributed by atoms with van der Waals surface area (Å²) in [5.41, 5.74) is -0.260. The van der Waals surface area contributed by atoms with Crippen LogP contribution in [0.15, 0.2) is 34.9 Å². The summed E-state index contributed by atoms with van der Waals surface area (Å²) in [6.45, 7) is 0. The Morgan fingerprint density at radius 3 is 2.68 bits per heavy atom. The molecule has 0 saturated carbocycles. The number of H-pyrrole nitrogens is 1. The van der Waals surface area contributed by atoms with Gasteiger partial charge in [-0.05, 0) is 28.1 Å². The fraction of sp³-hybridized carbons (Fsp3) is 0. The van der Waals surface area contributed by atoms with Gasteiger partial charge in [-0.1, -0.05) is 0 Å². The molecule has 0 atom stereocenters. The molecule has 0 aliphatic heterocycles. The van der Waals surface area contributed by atoms with Crippen LogP contribution in [0.5, 0.6) is 0 Å². The van der Waals surface area contributed by atoms with Crippen molar-refractivity contribution in [2.45, 2.75) is 0 Å². The van der Waals surface area contributed by atoms with E-state index in [1.165, 1.54) is 6.07 Å². The topological polar surface area (TPSA) is 88.0 Å². The lowest BCUT2D eigenvalue weighted by Gasteiger charge is -2.04. The number of nitro groups is 1. The number of carbonyl (C=O) groups excluding carboxylic acids is 1. The van der Waals surface area contributed by atoms with E-state index in [4.69, 9.17) is 0 Å². The van der Waals surface area contributed by atoms with E-state index in [0.717, 1.165) is 18.2 Å². The van der Waals surface area contributed by atoms with Crippen molar-refractivity contribution >= 4 is 33.2 Å². The van der Waals surface area contributed by atoms with Gasteiger partial charge in [-0.15, -0.1) is 0 Å². The third-order valence-corrected chi connectivity index (χ3v) is 2.76. The Labute approximate surface area is 114 Å². The molecule has 2 rings (SSSR count). The number of benzene rings is 1. The highest BCUT2D eigenvalue weighted by atomic mass is 79.9. The first-order chi connectivity index (χ1) is 8.97. The van der Waals surface area contributed by atoms with Crippen LogP contribution >= 0.6 is 15.9 Å². The van der Waals surface area contributed by atoms with Crippen LogP contribution in [-0.2, 0) is 0 Å². The Morgan fingerprint density at radius 2 is 2.16 bits per heavy atom. The highest BCUT2D eigenvalue weighted by Gasteiger charge is 2.14. The molecular weight excluding hydrogens is 321 g/mol. The SMILES string of the molecule is O=C(Nc1ccc([N+](=O)[O-])cc1F)c1cc(Br)c[nH]1. The van der Waals surface area contributed by atoms with Crippen LogP contribution in [0.1, 0.15) is 10.5 Å². The van der Waals surface area contributed by atoms with Gasteiger partial charge in [0.05, 0.1) is 16.7 Å². The monoisotopic (exact) mass is 327 g/mol. The van der Waals surface area contributed by atoms with Crippen LogP contribution in [0.3, 0.4) is 0 Å². The molecule has 0 radical (unpaired) electrons. The Balaban J connectivity index is 2.20. The van der Waals surface area contributed by atoms with Gasteiger partial charge in [0.1, 0.15) is 5.69 Å². The molecule has 19 heavy (non-hydrogen) atoms. The fourth-order valence-electron chi connectivity index (χ4n) is 1.41. The minimum absolute atomic E-state index is 0.124. The zero-order valence-corrected chi connectivity index (χ0v) is 10.9. The summed E-state index contributed by atoms with van der Waals surface area (Å²) < 4.78 is 14.2. The third kappa shape index (κ3) is 2.97. The molecule has 8 heteroatoms. The number of aromatic amines is 1. The molecule has 1 aromatic heterocycles. The van der Waals surface area contributed by atoms with Crippen molar-refractivity contribution in [1.82, 2.24) is 4.98 Å². The smallest absolute Gasteiger partial charge is 0.272 e. The number of anilines is 1. The highest BCUT2D eigenvalue weighted by Crippen LogP contribution is 2.21. The largest absolute Gasteiger partial charge is 0.356 e. The lowest BCUT2D eigenvalue weighted by atomic mass is 10.2. The molecule has 1 amide bonds. The first-order valence-corrected chi connectivity index (χ1v) is 5.86. The molecule has 0 fully saturated rings. The van der Waals surface area contributed by atoms with Gasteiger partial charge in [0.25, 0.3) is 11.6 Å². The quantitative estimate of drug-likeness (QED) is 0.670. The second-order valence-corrected chi connectivity index (χ2v) is 4.52. The Kier molecular flexibility index (Phi) is 3.61. The molecule has 0 aliphatic carbocycles. The number of aromatic nitrogens is 1. The maximum Gasteiger partial charge on any atom is 0.272 e. The molecule has 0 aliphatic rings. The number of nitrogens with zero attached hydrogens (tertiary/aromatic N) is 1. The minimum Gasteiger partial charge on any atom is -0.356 e. The zero-order valence-electron chi connectivity index (χ0n) is 9.31. The van der Waals surface area contributed by atoms with Crippen LogP contribution in [0.4, 0.5) is 15.8 Å². The molecule has 0 unspecified atom stereocenters. The van der Waals surface area contributed by atoms with E-state index in [2.05, 4.69) is 26.2 Å². The first kappa shape index (κ1) is 13.2. The highest BCUT2D eigenvalue weighted by molar-refractivity contribution is 9.10. The summed E-state index contributed by atoms with van der Waals surface area (Å²) >= 11 is 3.17. The van der Waals surface area contributed by atoms with Crippen molar-refractivity contribution in [3.05, 3.63) is 56.6 Å². The number of amides is 1. The van der Waals surface area contributed by atoms with Gasteiger partial charge >= 0.3 is 0 Å². The lowest BCUT2D eigenvalue weighted by molar-refractivity contribution is -0.385. The summed E-state index contributed by atoms with van der Waals surface area (Å²) in [7, 11) is 0. The maximum atomic E-state index is 13.6. The van der Waals surface area contributed by atoms with Gasteiger partial charge in [0.15, 0.2) is 5.82 Å². The van der Waals surface area contributed by atoms with Crippen molar-refractivity contribution in [3.63, 3.8) is 0 Å². The summed E-state index contributed by atoms with van der Waals surface area (Å²) in [5.74, 6) is -1.41. The van der Waals surface area contributed by atoms with Gasteiger partial charge in [-0.2, -0.15) is 0 Å². The minimum atomic E-state index is -0.867. The second kappa shape index (κ2) is 5.19. The number of carbonyl (C=O) groups is 1. The molecular formula is C11H7BrFN3O3. The molecule has 2 aromatic rings. The normalized spacial score (nSPS) is 10.2. The van der Waals surface area contributed by atoms with Gasteiger partial charge in [0, 0.05) is 16.7 Å². The predicted molar refractivity (Wildman–Crippen MR) is 69.5 cm³/mol. The average Bonchev–Trinajstić information content (AvgIpc) is 2.78. The number of hydrogen-bond acceptors (Lipinski definition) is 3. The molecule has 0 spiro atoms. The average molecular weight is 328 g/mol. The van der Waals surface area contributed by atoms with Crippen LogP contribution in [0.2, 0.25) is 0 Å². The van der Waals surface area contributed by atoms with Crippen LogP contribution < -0.4 is 5.32 Å². The predicted octanol–water partition coefficient (Wildman–Crippen LogP) is 3.08. The lowest BCUT2D eigenvalue weighted by Crippen LogP contribution is -2.13. The molecule has 6 nitrogen and oxygen atoms in total. The van der Waals surface area contributed by atoms with Crippen LogP contribution in [-0.4, -0.2) is 15.8 Å². The molecule has 2 N–H and O–H groups in total. The molecule has 98 valence electrons. The molecule has 1 aromatic carbocycles. The summed E-state index contributed by atoms with van der Waals surface area (Å²) in [6, 6.07) is 4.53. The van der Waals surface area contributed by atoms with E-state index in [-0.39, 0.29) is 17.1 Å². The van der Waals surface area contributed by atoms with Gasteiger partial charge in [-0.3, -0.25) is 14.9 Å². The van der Waals surface area contributed by atoms with E-state index in [1.807, 2.05) is 0 Å². The van der Waals surface area contributed by atoms with E-state index in [0.29, 0.717) is 4.47 Å². The van der Waals surface area contributed by atoms with Crippen molar-refractivity contribution < 1.29 is 14.1 Å². The Bertz CT molecular complexity index is 656. The second-order valence-electron chi connectivity index (χ2n) is 3.61. The number of hydrogen-bond donors (Lipinski definition) is 2. The number of nitro benzene ring substituents is 1. The van der Waals surface area contributed by atoms with E-state index < -0.39 is 16.6 Å². The van der Waals surface area contributed by atoms with Crippen molar-refractivity contribution in [2.24, 2.45) is 0 Å². The van der Waals surface area contributed by atoms with E-state index in [9.17, 15) is 19.3 Å². The summed E-state index contributed by atoms with van der Waals surface area (Å²) in [6.07, 6.45) is 1.56. The third-order valence-electron chi connectivity index (χ3n) is 2.30. The van der Waals surface area contributed by atoms with Gasteiger partial charge < -0.3 is 10.3 Å². The van der Waals surface area contributed by atoms with E-state index >= 15 is 0 Å². The Morgan fingerprint density at radius 1 is 1.42 bits per heavy atom. The van der Waals surface area contributed by atoms with Gasteiger partial charge in [-0.25, -0.2) is 4.39 Å². The standard InChI is InChI=1S/C11H7BrFN3O3/c12-6-3-10(14-5-6)11(17)15-9-2-1-7(16(18)19)4-8(9)13/h1-5,14H,(H,15,17). The van der Waals surface area contributed by atoms with Crippen LogP contribution in [0.25, 0.3) is 0 Å².